The largest absolute Gasteiger partial charge is 0.478 e. The van der Waals surface area contributed by atoms with Crippen molar-refractivity contribution < 1.29 is 14.3 Å². The van der Waals surface area contributed by atoms with E-state index in [1.165, 1.54) is 10.7 Å². The van der Waals surface area contributed by atoms with E-state index in [2.05, 4.69) is 5.10 Å². The van der Waals surface area contributed by atoms with Crippen LogP contribution in [-0.4, -0.2) is 20.9 Å². The van der Waals surface area contributed by atoms with Gasteiger partial charge in [-0.1, -0.05) is 11.6 Å². The summed E-state index contributed by atoms with van der Waals surface area (Å²) in [4.78, 5) is 11.1. The Balaban J connectivity index is 2.11. The number of halogens is 2. The van der Waals surface area contributed by atoms with Crippen LogP contribution in [0.4, 0.5) is 4.39 Å². The molecule has 4 nitrogen and oxygen atoms in total. The Kier molecular flexibility index (Phi) is 3.22. The highest BCUT2D eigenvalue weighted by Crippen LogP contribution is 2.26. The van der Waals surface area contributed by atoms with E-state index in [0.717, 1.165) is 43.0 Å². The van der Waals surface area contributed by atoms with Crippen molar-refractivity contribution in [3.63, 3.8) is 0 Å². The van der Waals surface area contributed by atoms with Gasteiger partial charge in [0.1, 0.15) is 11.5 Å². The number of nitrogens with zero attached hydrogens (tertiary/aromatic N) is 2. The number of carbonyl (C=O) groups is 1. The third-order valence-corrected chi connectivity index (χ3v) is 3.81. The average molecular weight is 295 g/mol. The first kappa shape index (κ1) is 13.1. The normalized spacial score (nSPS) is 14.1. The van der Waals surface area contributed by atoms with Crippen molar-refractivity contribution in [3.05, 3.63) is 46.0 Å². The smallest absolute Gasteiger partial charge is 0.337 e. The molecule has 0 bridgehead atoms. The molecule has 0 saturated carbocycles. The Morgan fingerprint density at radius 1 is 1.35 bits per heavy atom. The van der Waals surface area contributed by atoms with Gasteiger partial charge in [-0.25, -0.2) is 13.9 Å². The van der Waals surface area contributed by atoms with Gasteiger partial charge in [0.2, 0.25) is 0 Å². The lowest BCUT2D eigenvalue weighted by Crippen LogP contribution is -2.05. The Morgan fingerprint density at radius 2 is 2.10 bits per heavy atom. The number of benzene rings is 1. The molecule has 0 atom stereocenters. The molecule has 1 aliphatic carbocycles. The average Bonchev–Trinajstić information content (AvgIpc) is 2.81. The summed E-state index contributed by atoms with van der Waals surface area (Å²) in [6.07, 6.45) is 5.75. The Bertz CT molecular complexity index is 673. The summed E-state index contributed by atoms with van der Waals surface area (Å²) in [6, 6.07) is 2.24. The zero-order valence-electron chi connectivity index (χ0n) is 10.6. The van der Waals surface area contributed by atoms with E-state index in [1.54, 1.807) is 6.20 Å². The van der Waals surface area contributed by atoms with E-state index in [9.17, 15) is 9.18 Å². The quantitative estimate of drug-likeness (QED) is 0.925. The molecule has 3 rings (SSSR count). The fraction of sp³-hybridized carbons (Fsp3) is 0.286. The highest BCUT2D eigenvalue weighted by molar-refractivity contribution is 6.33. The van der Waals surface area contributed by atoms with Crippen LogP contribution in [0.1, 0.15) is 34.5 Å². The van der Waals surface area contributed by atoms with Crippen molar-refractivity contribution in [2.45, 2.75) is 25.7 Å². The first-order valence-corrected chi connectivity index (χ1v) is 6.74. The second kappa shape index (κ2) is 4.90. The second-order valence-electron chi connectivity index (χ2n) is 4.84. The van der Waals surface area contributed by atoms with Crippen LogP contribution in [0.15, 0.2) is 18.3 Å². The third kappa shape index (κ3) is 2.18. The van der Waals surface area contributed by atoms with E-state index in [1.807, 2.05) is 0 Å². The van der Waals surface area contributed by atoms with E-state index >= 15 is 0 Å². The van der Waals surface area contributed by atoms with Crippen molar-refractivity contribution in [2.75, 3.05) is 0 Å². The van der Waals surface area contributed by atoms with Gasteiger partial charge in [-0.3, -0.25) is 0 Å². The van der Waals surface area contributed by atoms with Crippen LogP contribution in [0.25, 0.3) is 5.69 Å². The fourth-order valence-electron chi connectivity index (χ4n) is 2.47. The van der Waals surface area contributed by atoms with Crippen LogP contribution in [0.5, 0.6) is 0 Å². The molecule has 1 aromatic heterocycles. The molecule has 1 aliphatic rings. The molecule has 0 saturated heterocycles. The number of hydrogen-bond donors (Lipinski definition) is 1. The zero-order chi connectivity index (χ0) is 14.3. The van der Waals surface area contributed by atoms with E-state index < -0.39 is 11.8 Å². The Labute approximate surface area is 119 Å². The zero-order valence-corrected chi connectivity index (χ0v) is 11.3. The Hall–Kier alpha value is -1.88. The highest BCUT2D eigenvalue weighted by atomic mass is 35.5. The van der Waals surface area contributed by atoms with Crippen LogP contribution < -0.4 is 0 Å². The molecule has 1 aromatic carbocycles. The molecule has 104 valence electrons. The molecular formula is C14H12ClFN2O2. The predicted octanol–water partition coefficient (Wildman–Crippen LogP) is 3.24. The maximum atomic E-state index is 14.0. The first-order chi connectivity index (χ1) is 9.56. The minimum Gasteiger partial charge on any atom is -0.478 e. The highest BCUT2D eigenvalue weighted by Gasteiger charge is 2.18. The van der Waals surface area contributed by atoms with Gasteiger partial charge < -0.3 is 5.11 Å². The van der Waals surface area contributed by atoms with Crippen LogP contribution in [0, 0.1) is 5.82 Å². The number of hydrogen-bond acceptors (Lipinski definition) is 2. The predicted molar refractivity (Wildman–Crippen MR) is 72.1 cm³/mol. The van der Waals surface area contributed by atoms with Gasteiger partial charge in [0.15, 0.2) is 0 Å². The van der Waals surface area contributed by atoms with Crippen LogP contribution in [0.2, 0.25) is 5.02 Å². The summed E-state index contributed by atoms with van der Waals surface area (Å²) in [5.41, 5.74) is 2.04. The van der Waals surface area contributed by atoms with Gasteiger partial charge in [0.25, 0.3) is 0 Å². The molecule has 2 aromatic rings. The maximum Gasteiger partial charge on any atom is 0.337 e. The summed E-state index contributed by atoms with van der Waals surface area (Å²) in [6.45, 7) is 0. The van der Waals surface area contributed by atoms with Crippen molar-refractivity contribution in [1.82, 2.24) is 9.78 Å². The lowest BCUT2D eigenvalue weighted by atomic mass is 9.99. The van der Waals surface area contributed by atoms with E-state index in [0.29, 0.717) is 0 Å². The van der Waals surface area contributed by atoms with E-state index in [4.69, 9.17) is 16.7 Å². The topological polar surface area (TPSA) is 55.1 Å². The number of carboxylic acid groups (broad SMARTS) is 1. The van der Waals surface area contributed by atoms with Crippen LogP contribution in [-0.2, 0) is 12.8 Å². The number of fused-ring (bicyclic) bond motifs is 1. The molecule has 1 heterocycles. The summed E-state index contributed by atoms with van der Waals surface area (Å²) >= 11 is 5.73. The SMILES string of the molecule is O=C(O)c1cc(-n2cc3c(n2)CCCC3)c(F)cc1Cl. The maximum absolute atomic E-state index is 14.0. The van der Waals surface area contributed by atoms with Gasteiger partial charge >= 0.3 is 5.97 Å². The third-order valence-electron chi connectivity index (χ3n) is 3.50. The summed E-state index contributed by atoms with van der Waals surface area (Å²) in [5.74, 6) is -1.77. The monoisotopic (exact) mass is 294 g/mol. The fourth-order valence-corrected chi connectivity index (χ4v) is 2.70. The first-order valence-electron chi connectivity index (χ1n) is 6.36. The molecule has 6 heteroatoms. The summed E-state index contributed by atoms with van der Waals surface area (Å²) in [5, 5.41) is 13.3. The molecule has 0 aliphatic heterocycles. The van der Waals surface area contributed by atoms with E-state index in [-0.39, 0.29) is 16.3 Å². The molecule has 0 amide bonds. The van der Waals surface area contributed by atoms with Crippen LogP contribution >= 0.6 is 11.6 Å². The second-order valence-corrected chi connectivity index (χ2v) is 5.25. The van der Waals surface area contributed by atoms with Crippen molar-refractivity contribution in [2.24, 2.45) is 0 Å². The standard InChI is InChI=1S/C14H12ClFN2O2/c15-10-6-11(16)13(5-9(10)14(19)20)18-7-8-3-1-2-4-12(8)17-18/h5-7H,1-4H2,(H,19,20). The van der Waals surface area contributed by atoms with Gasteiger partial charge in [-0.15, -0.1) is 0 Å². The summed E-state index contributed by atoms with van der Waals surface area (Å²) < 4.78 is 15.4. The number of aryl methyl sites for hydroxylation is 2. The molecule has 0 radical (unpaired) electrons. The van der Waals surface area contributed by atoms with Gasteiger partial charge in [0, 0.05) is 6.20 Å². The lowest BCUT2D eigenvalue weighted by Gasteiger charge is -2.07. The molecule has 0 unspecified atom stereocenters. The van der Waals surface area contributed by atoms with Gasteiger partial charge in [-0.2, -0.15) is 5.10 Å². The lowest BCUT2D eigenvalue weighted by molar-refractivity contribution is 0.0697. The van der Waals surface area contributed by atoms with Crippen molar-refractivity contribution >= 4 is 17.6 Å². The number of rotatable bonds is 2. The molecular weight excluding hydrogens is 283 g/mol. The minimum atomic E-state index is -1.19. The molecule has 0 fully saturated rings. The van der Waals surface area contributed by atoms with Gasteiger partial charge in [-0.05, 0) is 43.4 Å². The Morgan fingerprint density at radius 3 is 2.80 bits per heavy atom. The van der Waals surface area contributed by atoms with Crippen molar-refractivity contribution in [1.29, 1.82) is 0 Å². The van der Waals surface area contributed by atoms with Crippen LogP contribution in [0.3, 0.4) is 0 Å². The number of aromatic nitrogens is 2. The minimum absolute atomic E-state index is 0.112. The number of aromatic carboxylic acids is 1. The molecule has 1 N–H and O–H groups in total. The summed E-state index contributed by atoms with van der Waals surface area (Å²) in [7, 11) is 0. The van der Waals surface area contributed by atoms with Gasteiger partial charge in [0.05, 0.1) is 16.3 Å². The molecule has 0 spiro atoms. The number of carboxylic acids is 1. The van der Waals surface area contributed by atoms with Crippen molar-refractivity contribution in [3.8, 4) is 5.69 Å². The molecule has 20 heavy (non-hydrogen) atoms.